The lowest BCUT2D eigenvalue weighted by molar-refractivity contribution is -0.122. The van der Waals surface area contributed by atoms with Crippen molar-refractivity contribution >= 4 is 34.9 Å². The number of hydrogen-bond donors (Lipinski definition) is 2. The van der Waals surface area contributed by atoms with Crippen molar-refractivity contribution in [2.75, 3.05) is 24.2 Å². The van der Waals surface area contributed by atoms with Gasteiger partial charge >= 0.3 is 0 Å². The first kappa shape index (κ1) is 19.9. The third-order valence-corrected chi connectivity index (χ3v) is 4.32. The molecule has 1 heterocycles. The van der Waals surface area contributed by atoms with Gasteiger partial charge in [-0.05, 0) is 40.0 Å². The molecule has 8 heteroatoms. The van der Waals surface area contributed by atoms with E-state index in [1.54, 1.807) is 60.1 Å². The number of rotatable bonds is 7. The van der Waals surface area contributed by atoms with Gasteiger partial charge in [0, 0.05) is 12.1 Å². The van der Waals surface area contributed by atoms with Gasteiger partial charge in [-0.3, -0.25) is 14.5 Å². The quantitative estimate of drug-likeness (QED) is 0.777. The molecule has 7 nitrogen and oxygen atoms in total. The molecule has 1 unspecified atom stereocenters. The van der Waals surface area contributed by atoms with E-state index in [0.717, 1.165) is 0 Å². The Balaban J connectivity index is 1.92. The summed E-state index contributed by atoms with van der Waals surface area (Å²) in [5.41, 5.74) is 0.547. The van der Waals surface area contributed by atoms with Crippen LogP contribution in [0.3, 0.4) is 0 Å². The molecule has 1 aromatic carbocycles. The van der Waals surface area contributed by atoms with Crippen molar-refractivity contribution in [3.05, 3.63) is 41.6 Å². The Hall–Kier alpha value is -2.38. The number of carbonyl (C=O) groups excluding carboxylic acids is 2. The van der Waals surface area contributed by atoms with Crippen molar-refractivity contribution < 1.29 is 9.59 Å². The molecule has 0 aliphatic carbocycles. The fraction of sp³-hybridized carbons (Fsp3) is 0.389. The minimum Gasteiger partial charge on any atom is -0.324 e. The molecule has 0 saturated carbocycles. The molecular weight excluding hydrogens is 354 g/mol. The Kier molecular flexibility index (Phi) is 6.76. The van der Waals surface area contributed by atoms with Crippen LogP contribution in [0.15, 0.2) is 36.5 Å². The lowest BCUT2D eigenvalue weighted by Crippen LogP contribution is -2.43. The van der Waals surface area contributed by atoms with Crippen molar-refractivity contribution in [2.24, 2.45) is 0 Å². The Morgan fingerprint density at radius 2 is 1.88 bits per heavy atom. The van der Waals surface area contributed by atoms with Gasteiger partial charge in [0.15, 0.2) is 0 Å². The number of nitrogens with zero attached hydrogens (tertiary/aromatic N) is 3. The summed E-state index contributed by atoms with van der Waals surface area (Å²) in [5, 5.41) is 10.3. The van der Waals surface area contributed by atoms with Crippen LogP contribution in [0, 0.1) is 0 Å². The lowest BCUT2D eigenvalue weighted by Gasteiger charge is -2.23. The normalized spacial score (nSPS) is 12.3. The number of nitrogens with one attached hydrogen (secondary N) is 2. The minimum atomic E-state index is -0.498. The molecule has 0 aliphatic rings. The van der Waals surface area contributed by atoms with E-state index in [2.05, 4.69) is 15.7 Å². The maximum atomic E-state index is 12.5. The molecule has 0 spiro atoms. The first-order chi connectivity index (χ1) is 12.3. The average molecular weight is 378 g/mol. The molecule has 26 heavy (non-hydrogen) atoms. The van der Waals surface area contributed by atoms with E-state index < -0.39 is 6.04 Å². The first-order valence-corrected chi connectivity index (χ1v) is 8.76. The number of para-hydroxylation sites is 1. The Labute approximate surface area is 158 Å². The average Bonchev–Trinajstić information content (AvgIpc) is 3.04. The largest absolute Gasteiger partial charge is 0.324 e. The van der Waals surface area contributed by atoms with Crippen molar-refractivity contribution in [1.29, 1.82) is 0 Å². The third kappa shape index (κ3) is 5.06. The molecule has 2 rings (SSSR count). The fourth-order valence-corrected chi connectivity index (χ4v) is 2.55. The number of hydrogen-bond acceptors (Lipinski definition) is 4. The SMILES string of the molecule is CC(C(=O)Nc1ccnn1C(C)C)N(C)CC(=O)Nc1ccccc1Cl. The maximum absolute atomic E-state index is 12.5. The molecule has 1 atom stereocenters. The molecule has 0 aliphatic heterocycles. The zero-order chi connectivity index (χ0) is 19.3. The van der Waals surface area contributed by atoms with Crippen LogP contribution in [-0.4, -0.2) is 46.1 Å². The standard InChI is InChI=1S/C18H24ClN5O2/c1-12(2)24-16(9-10-20-24)22-18(26)13(3)23(4)11-17(25)21-15-8-6-5-7-14(15)19/h5-10,12-13H,11H2,1-4H3,(H,21,25)(H,22,26). The summed E-state index contributed by atoms with van der Waals surface area (Å²) in [5.74, 6) is 0.179. The summed E-state index contributed by atoms with van der Waals surface area (Å²) in [6.45, 7) is 5.77. The smallest absolute Gasteiger partial charge is 0.242 e. The zero-order valence-corrected chi connectivity index (χ0v) is 16.1. The maximum Gasteiger partial charge on any atom is 0.242 e. The predicted octanol–water partition coefficient (Wildman–Crippen LogP) is 3.01. The summed E-state index contributed by atoms with van der Waals surface area (Å²) in [4.78, 5) is 26.3. The van der Waals surface area contributed by atoms with Crippen molar-refractivity contribution in [1.82, 2.24) is 14.7 Å². The number of benzene rings is 1. The van der Waals surface area contributed by atoms with Gasteiger partial charge in [-0.1, -0.05) is 23.7 Å². The molecule has 1 aromatic heterocycles. The lowest BCUT2D eigenvalue weighted by atomic mass is 10.2. The van der Waals surface area contributed by atoms with E-state index in [1.165, 1.54) is 0 Å². The number of likely N-dealkylation sites (N-methyl/N-ethyl adjacent to an activating group) is 1. The van der Waals surface area contributed by atoms with Gasteiger partial charge in [0.25, 0.3) is 0 Å². The monoisotopic (exact) mass is 377 g/mol. The van der Waals surface area contributed by atoms with Gasteiger partial charge in [-0.25, -0.2) is 4.68 Å². The van der Waals surface area contributed by atoms with Crippen LogP contribution >= 0.6 is 11.6 Å². The highest BCUT2D eigenvalue weighted by molar-refractivity contribution is 6.33. The molecule has 0 saturated heterocycles. The van der Waals surface area contributed by atoms with Crippen LogP contribution in [0.2, 0.25) is 5.02 Å². The fourth-order valence-electron chi connectivity index (χ4n) is 2.37. The van der Waals surface area contributed by atoms with Crippen LogP contribution in [0.4, 0.5) is 11.5 Å². The van der Waals surface area contributed by atoms with Crippen LogP contribution in [0.1, 0.15) is 26.8 Å². The molecule has 0 radical (unpaired) electrons. The molecule has 2 amide bonds. The van der Waals surface area contributed by atoms with Gasteiger partial charge in [0.2, 0.25) is 11.8 Å². The van der Waals surface area contributed by atoms with Crippen molar-refractivity contribution in [3.63, 3.8) is 0 Å². The third-order valence-electron chi connectivity index (χ3n) is 3.99. The molecular formula is C18H24ClN5O2. The predicted molar refractivity (Wildman–Crippen MR) is 103 cm³/mol. The number of aromatic nitrogens is 2. The number of halogens is 1. The Bertz CT molecular complexity index is 774. The number of anilines is 2. The van der Waals surface area contributed by atoms with Gasteiger partial charge in [0.05, 0.1) is 29.5 Å². The van der Waals surface area contributed by atoms with E-state index in [9.17, 15) is 9.59 Å². The topological polar surface area (TPSA) is 79.3 Å². The molecule has 140 valence electrons. The van der Waals surface area contributed by atoms with Crippen LogP contribution in [0.5, 0.6) is 0 Å². The van der Waals surface area contributed by atoms with E-state index in [4.69, 9.17) is 11.6 Å². The highest BCUT2D eigenvalue weighted by atomic mass is 35.5. The molecule has 2 N–H and O–H groups in total. The minimum absolute atomic E-state index is 0.0588. The number of amides is 2. The van der Waals surface area contributed by atoms with Crippen LogP contribution in [-0.2, 0) is 9.59 Å². The molecule has 2 aromatic rings. The molecule has 0 fully saturated rings. The van der Waals surface area contributed by atoms with Crippen LogP contribution < -0.4 is 10.6 Å². The summed E-state index contributed by atoms with van der Waals surface area (Å²) < 4.78 is 1.73. The second kappa shape index (κ2) is 8.82. The van der Waals surface area contributed by atoms with E-state index >= 15 is 0 Å². The molecule has 0 bridgehead atoms. The van der Waals surface area contributed by atoms with Gasteiger partial charge in [-0.2, -0.15) is 5.10 Å². The Morgan fingerprint density at radius 3 is 2.54 bits per heavy atom. The van der Waals surface area contributed by atoms with Gasteiger partial charge in [0.1, 0.15) is 5.82 Å². The van der Waals surface area contributed by atoms with Crippen molar-refractivity contribution in [2.45, 2.75) is 32.9 Å². The van der Waals surface area contributed by atoms with Gasteiger partial charge in [-0.15, -0.1) is 0 Å². The second-order valence-electron chi connectivity index (χ2n) is 6.36. The van der Waals surface area contributed by atoms with E-state index in [1.807, 2.05) is 13.8 Å². The Morgan fingerprint density at radius 1 is 1.19 bits per heavy atom. The zero-order valence-electron chi connectivity index (χ0n) is 15.4. The highest BCUT2D eigenvalue weighted by Crippen LogP contribution is 2.20. The summed E-state index contributed by atoms with van der Waals surface area (Å²) in [7, 11) is 1.72. The summed E-state index contributed by atoms with van der Waals surface area (Å²) in [6, 6.07) is 8.39. The summed E-state index contributed by atoms with van der Waals surface area (Å²) >= 11 is 6.04. The van der Waals surface area contributed by atoms with E-state index in [-0.39, 0.29) is 24.4 Å². The highest BCUT2D eigenvalue weighted by Gasteiger charge is 2.21. The van der Waals surface area contributed by atoms with Crippen LogP contribution in [0.25, 0.3) is 0 Å². The van der Waals surface area contributed by atoms with Crippen molar-refractivity contribution in [3.8, 4) is 0 Å². The first-order valence-electron chi connectivity index (χ1n) is 8.38. The van der Waals surface area contributed by atoms with E-state index in [0.29, 0.717) is 16.5 Å². The number of carbonyl (C=O) groups is 2. The van der Waals surface area contributed by atoms with Gasteiger partial charge < -0.3 is 10.6 Å². The summed E-state index contributed by atoms with van der Waals surface area (Å²) in [6.07, 6.45) is 1.64. The second-order valence-corrected chi connectivity index (χ2v) is 6.77.